The van der Waals surface area contributed by atoms with E-state index in [9.17, 15) is 44.6 Å². The maximum atomic E-state index is 12.8. The van der Waals surface area contributed by atoms with Gasteiger partial charge in [0.15, 0.2) is 6.10 Å². The number of phosphoric ester groups is 1. The van der Waals surface area contributed by atoms with Crippen LogP contribution in [0.5, 0.6) is 0 Å². The lowest BCUT2D eigenvalue weighted by molar-refractivity contribution is -0.220. The minimum atomic E-state index is -5.12. The van der Waals surface area contributed by atoms with Crippen molar-refractivity contribution >= 4 is 19.8 Å². The molecule has 1 rings (SSSR count). The summed E-state index contributed by atoms with van der Waals surface area (Å²) in [5.74, 6) is -1.10. The van der Waals surface area contributed by atoms with Crippen LogP contribution in [0.2, 0.25) is 0 Å². The molecule has 0 radical (unpaired) electrons. The Kier molecular flexibility index (Phi) is 39.9. The molecular formula is C52H97O13P. The fraction of sp³-hybridized carbons (Fsp3) is 0.885. The number of aliphatic hydroxyl groups is 5. The second kappa shape index (κ2) is 42.2. The van der Waals surface area contributed by atoms with Crippen LogP contribution < -0.4 is 0 Å². The Hall–Kier alpha value is -1.67. The van der Waals surface area contributed by atoms with Crippen molar-refractivity contribution in [3.05, 3.63) is 24.3 Å². The Morgan fingerprint density at radius 1 is 0.470 bits per heavy atom. The standard InChI is InChI=1S/C52H97O13P/c1-3-5-7-9-11-13-15-17-19-20-21-22-23-24-25-27-28-30-32-34-36-38-40-45(53)62-42-44(43-63-66(60,61)65-52-50(58)48(56)47(55)49(57)51(52)59)64-46(54)41-39-37-35-33-31-29-26-18-16-14-12-10-8-6-4-2/h14,16,18,26,44,47-52,55-59H,3-13,15,17,19-25,27-43H2,1-2H3,(H,60,61)/b16-14+,26-18+/t44-,47?,48-,49?,50?,51?,52?/m0/s1. The number of hydrogen-bond donors (Lipinski definition) is 6. The van der Waals surface area contributed by atoms with Gasteiger partial charge in [0.05, 0.1) is 6.61 Å². The molecule has 0 amide bonds. The molecule has 6 N–H and O–H groups in total. The van der Waals surface area contributed by atoms with Gasteiger partial charge in [0, 0.05) is 12.8 Å². The fourth-order valence-corrected chi connectivity index (χ4v) is 9.25. The number of hydrogen-bond acceptors (Lipinski definition) is 12. The van der Waals surface area contributed by atoms with Crippen molar-refractivity contribution in [3.8, 4) is 0 Å². The second-order valence-corrected chi connectivity index (χ2v) is 20.2. The van der Waals surface area contributed by atoms with Crippen molar-refractivity contribution in [2.24, 2.45) is 0 Å². The average Bonchev–Trinajstić information content (AvgIpc) is 3.30. The Morgan fingerprint density at radius 2 is 0.803 bits per heavy atom. The van der Waals surface area contributed by atoms with Crippen molar-refractivity contribution in [1.82, 2.24) is 0 Å². The summed E-state index contributed by atoms with van der Waals surface area (Å²) < 4.78 is 33.6. The topological polar surface area (TPSA) is 210 Å². The quantitative estimate of drug-likeness (QED) is 0.0145. The molecular weight excluding hydrogens is 864 g/mol. The zero-order valence-corrected chi connectivity index (χ0v) is 42.4. The number of allylic oxidation sites excluding steroid dienone is 4. The number of carbonyl (C=O) groups is 2. The van der Waals surface area contributed by atoms with Gasteiger partial charge < -0.3 is 39.9 Å². The average molecular weight is 961 g/mol. The molecule has 0 aromatic carbocycles. The van der Waals surface area contributed by atoms with E-state index in [0.29, 0.717) is 12.8 Å². The summed E-state index contributed by atoms with van der Waals surface area (Å²) in [5.41, 5.74) is 0. The Labute approximate surface area is 400 Å². The van der Waals surface area contributed by atoms with Crippen LogP contribution >= 0.6 is 7.82 Å². The smallest absolute Gasteiger partial charge is 0.462 e. The minimum absolute atomic E-state index is 0.0821. The number of carbonyl (C=O) groups excluding carboxylic acids is 2. The molecule has 0 bridgehead atoms. The van der Waals surface area contributed by atoms with Crippen LogP contribution in [0.3, 0.4) is 0 Å². The van der Waals surface area contributed by atoms with Crippen LogP contribution in [-0.2, 0) is 32.7 Å². The van der Waals surface area contributed by atoms with Crippen molar-refractivity contribution in [2.75, 3.05) is 13.2 Å². The third kappa shape index (κ3) is 33.8. The van der Waals surface area contributed by atoms with E-state index in [2.05, 4.69) is 38.2 Å². The molecule has 388 valence electrons. The molecule has 0 heterocycles. The lowest BCUT2D eigenvalue weighted by Gasteiger charge is -2.41. The number of unbranched alkanes of at least 4 members (excludes halogenated alkanes) is 30. The van der Waals surface area contributed by atoms with Gasteiger partial charge in [-0.2, -0.15) is 0 Å². The van der Waals surface area contributed by atoms with Crippen LogP contribution in [0.25, 0.3) is 0 Å². The largest absolute Gasteiger partial charge is 0.472 e. The number of aliphatic hydroxyl groups excluding tert-OH is 5. The van der Waals surface area contributed by atoms with E-state index in [4.69, 9.17) is 18.5 Å². The number of phosphoric acid groups is 1. The summed E-state index contributed by atoms with van der Waals surface area (Å²) in [5, 5.41) is 50.3. The SMILES string of the molecule is CCCCCC/C=C/C=C/CCCCCCCC(=O)O[C@@H](COC(=O)CCCCCCCCCCCCCCCCCCCCCCCC)COP(=O)(O)OC1C(O)C(O)C(O)[C@H](O)C1O. The highest BCUT2D eigenvalue weighted by Gasteiger charge is 2.51. The Morgan fingerprint density at radius 3 is 1.21 bits per heavy atom. The Bertz CT molecular complexity index is 1250. The first kappa shape index (κ1) is 62.3. The molecule has 13 nitrogen and oxygen atoms in total. The van der Waals surface area contributed by atoms with Gasteiger partial charge in [-0.15, -0.1) is 0 Å². The highest BCUT2D eigenvalue weighted by Crippen LogP contribution is 2.47. The van der Waals surface area contributed by atoms with E-state index in [0.717, 1.165) is 57.8 Å². The maximum Gasteiger partial charge on any atom is 0.472 e. The molecule has 0 spiro atoms. The van der Waals surface area contributed by atoms with Crippen LogP contribution in [0, 0.1) is 0 Å². The first-order valence-electron chi connectivity index (χ1n) is 26.7. The molecule has 0 aromatic rings. The molecule has 1 saturated carbocycles. The normalized spacial score (nSPS) is 21.4. The first-order chi connectivity index (χ1) is 31.9. The van der Waals surface area contributed by atoms with E-state index in [1.807, 2.05) is 0 Å². The minimum Gasteiger partial charge on any atom is -0.462 e. The summed E-state index contributed by atoms with van der Waals surface area (Å²) in [4.78, 5) is 35.8. The van der Waals surface area contributed by atoms with Crippen LogP contribution in [-0.4, -0.2) is 98.3 Å². The molecule has 1 aliphatic rings. The number of esters is 2. The van der Waals surface area contributed by atoms with Gasteiger partial charge in [-0.25, -0.2) is 4.57 Å². The van der Waals surface area contributed by atoms with E-state index >= 15 is 0 Å². The van der Waals surface area contributed by atoms with Gasteiger partial charge in [-0.3, -0.25) is 18.6 Å². The molecule has 6 unspecified atom stereocenters. The predicted molar refractivity (Wildman–Crippen MR) is 263 cm³/mol. The van der Waals surface area contributed by atoms with Gasteiger partial charge in [-0.05, 0) is 38.5 Å². The highest BCUT2D eigenvalue weighted by molar-refractivity contribution is 7.47. The number of ether oxygens (including phenoxy) is 2. The molecule has 0 saturated heterocycles. The summed E-state index contributed by atoms with van der Waals surface area (Å²) in [6.07, 6.45) is 35.2. The third-order valence-electron chi connectivity index (χ3n) is 12.6. The third-order valence-corrected chi connectivity index (χ3v) is 13.6. The zero-order chi connectivity index (χ0) is 48.5. The second-order valence-electron chi connectivity index (χ2n) is 18.8. The van der Waals surface area contributed by atoms with Crippen molar-refractivity contribution in [1.29, 1.82) is 0 Å². The van der Waals surface area contributed by atoms with Crippen molar-refractivity contribution in [3.63, 3.8) is 0 Å². The molecule has 8 atom stereocenters. The first-order valence-corrected chi connectivity index (χ1v) is 28.2. The number of rotatable bonds is 45. The maximum absolute atomic E-state index is 12.8. The van der Waals surface area contributed by atoms with Gasteiger partial charge in [0.1, 0.15) is 43.2 Å². The van der Waals surface area contributed by atoms with E-state index in [-0.39, 0.29) is 12.8 Å². The Balaban J connectivity index is 2.35. The van der Waals surface area contributed by atoms with E-state index in [1.165, 1.54) is 141 Å². The van der Waals surface area contributed by atoms with Crippen LogP contribution in [0.15, 0.2) is 24.3 Å². The lowest BCUT2D eigenvalue weighted by Crippen LogP contribution is -2.64. The predicted octanol–water partition coefficient (Wildman–Crippen LogP) is 11.6. The summed E-state index contributed by atoms with van der Waals surface area (Å²) in [7, 11) is -5.12. The summed E-state index contributed by atoms with van der Waals surface area (Å²) in [6.45, 7) is 3.31. The fourth-order valence-electron chi connectivity index (χ4n) is 8.28. The van der Waals surface area contributed by atoms with Gasteiger partial charge in [0.25, 0.3) is 0 Å². The van der Waals surface area contributed by atoms with Crippen LogP contribution in [0.1, 0.15) is 239 Å². The molecule has 0 aliphatic heterocycles. The summed E-state index contributed by atoms with van der Waals surface area (Å²) in [6, 6.07) is 0. The van der Waals surface area contributed by atoms with Gasteiger partial charge >= 0.3 is 19.8 Å². The van der Waals surface area contributed by atoms with E-state index in [1.54, 1.807) is 0 Å². The molecule has 66 heavy (non-hydrogen) atoms. The lowest BCUT2D eigenvalue weighted by atomic mass is 9.85. The van der Waals surface area contributed by atoms with Crippen molar-refractivity contribution in [2.45, 2.75) is 281 Å². The summed E-state index contributed by atoms with van der Waals surface area (Å²) >= 11 is 0. The molecule has 0 aromatic heterocycles. The monoisotopic (exact) mass is 961 g/mol. The molecule has 1 aliphatic carbocycles. The highest BCUT2D eigenvalue weighted by atomic mass is 31.2. The van der Waals surface area contributed by atoms with Crippen molar-refractivity contribution < 1.29 is 63.1 Å². The van der Waals surface area contributed by atoms with E-state index < -0.39 is 75.7 Å². The molecule has 14 heteroatoms. The van der Waals surface area contributed by atoms with Gasteiger partial charge in [0.2, 0.25) is 0 Å². The van der Waals surface area contributed by atoms with Crippen LogP contribution in [0.4, 0.5) is 0 Å². The zero-order valence-electron chi connectivity index (χ0n) is 41.5. The molecule has 1 fully saturated rings. The van der Waals surface area contributed by atoms with Gasteiger partial charge in [-0.1, -0.05) is 212 Å².